The van der Waals surface area contributed by atoms with Gasteiger partial charge in [0.1, 0.15) is 42.4 Å². The van der Waals surface area contributed by atoms with E-state index in [4.69, 9.17) is 14.2 Å². The van der Waals surface area contributed by atoms with E-state index in [2.05, 4.69) is 17.9 Å². The van der Waals surface area contributed by atoms with Crippen LogP contribution in [0.5, 0.6) is 11.5 Å². The number of ether oxygens (including phenoxy) is 4. The van der Waals surface area contributed by atoms with Crippen LogP contribution in [0.2, 0.25) is 0 Å². The molecule has 3 rings (SSSR count). The van der Waals surface area contributed by atoms with Gasteiger partial charge in [-0.3, -0.25) is 0 Å². The lowest BCUT2D eigenvalue weighted by Gasteiger charge is -2.08. The second kappa shape index (κ2) is 12.5. The van der Waals surface area contributed by atoms with Crippen molar-refractivity contribution in [3.05, 3.63) is 122 Å². The van der Waals surface area contributed by atoms with Crippen LogP contribution in [0.4, 0.5) is 4.39 Å². The minimum atomic E-state index is -0.625. The van der Waals surface area contributed by atoms with Gasteiger partial charge in [-0.1, -0.05) is 49.6 Å². The Morgan fingerprint density at radius 3 is 1.86 bits per heavy atom. The van der Waals surface area contributed by atoms with E-state index in [0.717, 1.165) is 36.0 Å². The summed E-state index contributed by atoms with van der Waals surface area (Å²) >= 11 is 0. The molecular weight excluding hydrogens is 463 g/mol. The summed E-state index contributed by atoms with van der Waals surface area (Å²) in [6.45, 7) is 8.32. The number of carbonyl (C=O) groups excluding carboxylic acids is 2. The molecule has 0 aliphatic carbocycles. The fourth-order valence-corrected chi connectivity index (χ4v) is 2.92. The summed E-state index contributed by atoms with van der Waals surface area (Å²) < 4.78 is 34.8. The van der Waals surface area contributed by atoms with Crippen molar-refractivity contribution in [3.8, 4) is 33.8 Å². The van der Waals surface area contributed by atoms with Crippen molar-refractivity contribution in [1.29, 1.82) is 0 Å². The number of carbonyl (C=O) groups is 2. The summed E-state index contributed by atoms with van der Waals surface area (Å²) in [5, 5.41) is 0. The first-order valence-corrected chi connectivity index (χ1v) is 10.7. The zero-order valence-electron chi connectivity index (χ0n) is 19.5. The quantitative estimate of drug-likeness (QED) is 0.180. The van der Waals surface area contributed by atoms with Gasteiger partial charge in [0.05, 0.1) is 0 Å². The van der Waals surface area contributed by atoms with Crippen LogP contribution >= 0.6 is 0 Å². The molecule has 0 heterocycles. The predicted molar refractivity (Wildman–Crippen MR) is 134 cm³/mol. The second-order valence-corrected chi connectivity index (χ2v) is 7.35. The summed E-state index contributed by atoms with van der Waals surface area (Å²) in [5.74, 6) is -0.792. The molecule has 0 saturated carbocycles. The molecular formula is C29H23FO6. The number of hydrogen-bond acceptors (Lipinski definition) is 6. The number of hydrogen-bond donors (Lipinski definition) is 0. The average Bonchev–Trinajstić information content (AvgIpc) is 2.89. The SMILES string of the molecule is C=CC(=O)OC=COc1ccc(-c2ccc(-c3ccc(OC=COC(=O)C(=C)C)cc3)cc2)c(F)c1. The molecule has 0 radical (unpaired) electrons. The lowest BCUT2D eigenvalue weighted by molar-refractivity contribution is -0.134. The second-order valence-electron chi connectivity index (χ2n) is 7.35. The highest BCUT2D eigenvalue weighted by atomic mass is 19.1. The molecule has 6 nitrogen and oxygen atoms in total. The van der Waals surface area contributed by atoms with Crippen LogP contribution in [-0.2, 0) is 19.1 Å². The molecule has 7 heteroatoms. The fraction of sp³-hybridized carbons (Fsp3) is 0.0345. The molecule has 0 unspecified atom stereocenters. The molecule has 0 bridgehead atoms. The summed E-state index contributed by atoms with van der Waals surface area (Å²) in [6.07, 6.45) is 5.62. The largest absolute Gasteiger partial charge is 0.462 e. The van der Waals surface area contributed by atoms with Crippen LogP contribution in [-0.4, -0.2) is 11.9 Å². The molecule has 0 aromatic heterocycles. The van der Waals surface area contributed by atoms with Gasteiger partial charge in [0.15, 0.2) is 0 Å². The minimum Gasteiger partial charge on any atom is -0.462 e. The van der Waals surface area contributed by atoms with E-state index in [1.54, 1.807) is 31.2 Å². The molecule has 0 aliphatic rings. The van der Waals surface area contributed by atoms with E-state index in [1.807, 2.05) is 36.4 Å². The Hall–Kier alpha value is -4.91. The highest BCUT2D eigenvalue weighted by Gasteiger charge is 2.08. The molecule has 36 heavy (non-hydrogen) atoms. The van der Waals surface area contributed by atoms with E-state index in [-0.39, 0.29) is 5.75 Å². The third-order valence-corrected chi connectivity index (χ3v) is 4.72. The standard InChI is InChI=1S/C29H23FO6/c1-4-28(31)35-17-15-34-25-13-14-26(27(30)19-25)23-7-5-21(6-8-23)22-9-11-24(12-10-22)33-16-18-36-29(32)20(2)3/h4-19H,1-2H2,3H3. The van der Waals surface area contributed by atoms with E-state index >= 15 is 0 Å². The maximum atomic E-state index is 14.7. The Labute approximate surface area is 208 Å². The Morgan fingerprint density at radius 2 is 1.28 bits per heavy atom. The number of benzene rings is 3. The summed E-state index contributed by atoms with van der Waals surface area (Å²) in [7, 11) is 0. The van der Waals surface area contributed by atoms with E-state index < -0.39 is 17.8 Å². The Kier molecular flexibility index (Phi) is 8.94. The van der Waals surface area contributed by atoms with Crippen molar-refractivity contribution in [3.63, 3.8) is 0 Å². The molecule has 3 aromatic carbocycles. The first-order valence-electron chi connectivity index (χ1n) is 10.7. The van der Waals surface area contributed by atoms with Crippen LogP contribution in [0.25, 0.3) is 22.3 Å². The van der Waals surface area contributed by atoms with E-state index in [0.29, 0.717) is 22.4 Å². The highest BCUT2D eigenvalue weighted by Crippen LogP contribution is 2.29. The lowest BCUT2D eigenvalue weighted by atomic mass is 10.00. The normalized spacial score (nSPS) is 10.7. The average molecular weight is 486 g/mol. The third kappa shape index (κ3) is 7.30. The molecule has 0 aliphatic heterocycles. The van der Waals surface area contributed by atoms with E-state index in [1.165, 1.54) is 12.3 Å². The van der Waals surface area contributed by atoms with Crippen molar-refractivity contribution < 1.29 is 32.9 Å². The first kappa shape index (κ1) is 25.7. The Balaban J connectivity index is 1.61. The van der Waals surface area contributed by atoms with Crippen molar-refractivity contribution in [2.75, 3.05) is 0 Å². The zero-order valence-corrected chi connectivity index (χ0v) is 19.5. The fourth-order valence-electron chi connectivity index (χ4n) is 2.92. The number of halogens is 1. The Bertz CT molecular complexity index is 1300. The molecule has 3 aromatic rings. The van der Waals surface area contributed by atoms with Gasteiger partial charge in [0.2, 0.25) is 0 Å². The molecule has 0 saturated heterocycles. The summed E-state index contributed by atoms with van der Waals surface area (Å²) in [5.41, 5.74) is 3.30. The zero-order chi connectivity index (χ0) is 25.9. The van der Waals surface area contributed by atoms with Crippen LogP contribution in [0.1, 0.15) is 6.92 Å². The van der Waals surface area contributed by atoms with Gasteiger partial charge in [0, 0.05) is 23.3 Å². The maximum Gasteiger partial charge on any atom is 0.338 e. The molecule has 182 valence electrons. The third-order valence-electron chi connectivity index (χ3n) is 4.72. The van der Waals surface area contributed by atoms with Gasteiger partial charge in [0.25, 0.3) is 0 Å². The molecule has 0 N–H and O–H groups in total. The van der Waals surface area contributed by atoms with Crippen molar-refractivity contribution >= 4 is 11.9 Å². The summed E-state index contributed by atoms with van der Waals surface area (Å²) in [6, 6.07) is 19.2. The Morgan fingerprint density at radius 1 is 0.750 bits per heavy atom. The van der Waals surface area contributed by atoms with Crippen LogP contribution in [0.3, 0.4) is 0 Å². The van der Waals surface area contributed by atoms with Crippen LogP contribution < -0.4 is 9.47 Å². The number of rotatable bonds is 10. The predicted octanol–water partition coefficient (Wildman–Crippen LogP) is 6.71. The smallest absolute Gasteiger partial charge is 0.338 e. The van der Waals surface area contributed by atoms with Crippen molar-refractivity contribution in [1.82, 2.24) is 0 Å². The monoisotopic (exact) mass is 486 g/mol. The van der Waals surface area contributed by atoms with Crippen molar-refractivity contribution in [2.24, 2.45) is 0 Å². The van der Waals surface area contributed by atoms with Crippen LogP contribution in [0, 0.1) is 5.82 Å². The maximum absolute atomic E-state index is 14.7. The molecule has 0 spiro atoms. The van der Waals surface area contributed by atoms with Gasteiger partial charge in [-0.05, 0) is 47.9 Å². The molecule has 0 atom stereocenters. The molecule has 0 fully saturated rings. The van der Waals surface area contributed by atoms with Gasteiger partial charge >= 0.3 is 11.9 Å². The minimum absolute atomic E-state index is 0.255. The topological polar surface area (TPSA) is 71.1 Å². The van der Waals surface area contributed by atoms with Gasteiger partial charge in [-0.15, -0.1) is 0 Å². The van der Waals surface area contributed by atoms with Crippen molar-refractivity contribution in [2.45, 2.75) is 6.92 Å². The van der Waals surface area contributed by atoms with E-state index in [9.17, 15) is 14.0 Å². The lowest BCUT2D eigenvalue weighted by Crippen LogP contribution is -1.99. The highest BCUT2D eigenvalue weighted by molar-refractivity contribution is 5.87. The first-order chi connectivity index (χ1) is 17.4. The molecule has 0 amide bonds. The van der Waals surface area contributed by atoms with Crippen LogP contribution in [0.15, 0.2) is 117 Å². The van der Waals surface area contributed by atoms with Gasteiger partial charge in [-0.2, -0.15) is 0 Å². The summed E-state index contributed by atoms with van der Waals surface area (Å²) in [4.78, 5) is 22.3. The number of esters is 2. The van der Waals surface area contributed by atoms with Gasteiger partial charge < -0.3 is 18.9 Å². The van der Waals surface area contributed by atoms with Gasteiger partial charge in [-0.25, -0.2) is 14.0 Å².